The Balaban J connectivity index is 2.15. The number of hydrogen-bond acceptors (Lipinski definition) is 2. The van der Waals surface area contributed by atoms with Gasteiger partial charge in [0.2, 0.25) is 0 Å². The first-order valence-corrected chi connectivity index (χ1v) is 6.17. The van der Waals surface area contributed by atoms with Crippen LogP contribution in [0.1, 0.15) is 47.5 Å². The molecule has 0 aromatic heterocycles. The molecule has 88 valence electrons. The lowest BCUT2D eigenvalue weighted by atomic mass is 9.77. The van der Waals surface area contributed by atoms with Crippen LogP contribution in [-0.4, -0.2) is 24.4 Å². The Labute approximate surface area is 93.3 Å². The zero-order valence-electron chi connectivity index (χ0n) is 10.7. The minimum Gasteiger partial charge on any atom is -0.372 e. The molecule has 2 saturated heterocycles. The summed E-state index contributed by atoms with van der Waals surface area (Å²) < 4.78 is 12.2. The van der Waals surface area contributed by atoms with Crippen molar-refractivity contribution in [3.8, 4) is 0 Å². The van der Waals surface area contributed by atoms with Crippen LogP contribution >= 0.6 is 0 Å². The minimum absolute atomic E-state index is 0.00356. The molecule has 15 heavy (non-hydrogen) atoms. The average molecular weight is 212 g/mol. The molecule has 2 aliphatic heterocycles. The summed E-state index contributed by atoms with van der Waals surface area (Å²) in [7, 11) is 0. The lowest BCUT2D eigenvalue weighted by Gasteiger charge is -2.36. The van der Waals surface area contributed by atoms with Crippen LogP contribution < -0.4 is 0 Å². The third-order valence-electron chi connectivity index (χ3n) is 3.83. The van der Waals surface area contributed by atoms with Gasteiger partial charge < -0.3 is 9.47 Å². The van der Waals surface area contributed by atoms with Crippen LogP contribution in [0.4, 0.5) is 0 Å². The molecule has 0 N–H and O–H groups in total. The summed E-state index contributed by atoms with van der Waals surface area (Å²) in [5.74, 6) is 0.557. The maximum absolute atomic E-state index is 6.26. The summed E-state index contributed by atoms with van der Waals surface area (Å²) in [5, 5.41) is 0. The molecule has 0 aromatic rings. The number of rotatable bonds is 2. The van der Waals surface area contributed by atoms with Crippen molar-refractivity contribution in [1.29, 1.82) is 0 Å². The van der Waals surface area contributed by atoms with Gasteiger partial charge in [-0.15, -0.1) is 0 Å². The maximum Gasteiger partial charge on any atom is 0.0976 e. The molecule has 2 nitrogen and oxygen atoms in total. The fraction of sp³-hybridized carbons (Fsp3) is 1.00. The summed E-state index contributed by atoms with van der Waals surface area (Å²) in [6.07, 6.45) is 2.85. The lowest BCUT2D eigenvalue weighted by molar-refractivity contribution is -0.154. The van der Waals surface area contributed by atoms with Gasteiger partial charge in [0.1, 0.15) is 0 Å². The van der Waals surface area contributed by atoms with E-state index in [0.29, 0.717) is 23.5 Å². The molecule has 0 spiro atoms. The van der Waals surface area contributed by atoms with Crippen molar-refractivity contribution in [3.05, 3.63) is 0 Å². The Morgan fingerprint density at radius 2 is 2.00 bits per heavy atom. The molecule has 2 heterocycles. The summed E-state index contributed by atoms with van der Waals surface area (Å²) in [6.45, 7) is 12.1. The second-order valence-electron chi connectivity index (χ2n) is 6.43. The summed E-state index contributed by atoms with van der Waals surface area (Å²) in [4.78, 5) is 0. The van der Waals surface area contributed by atoms with Crippen molar-refractivity contribution < 1.29 is 9.47 Å². The molecule has 2 aliphatic rings. The largest absolute Gasteiger partial charge is 0.372 e. The molecule has 0 aliphatic carbocycles. The van der Waals surface area contributed by atoms with Crippen LogP contribution in [0, 0.1) is 11.3 Å². The molecule has 0 saturated carbocycles. The maximum atomic E-state index is 6.26. The van der Waals surface area contributed by atoms with E-state index in [9.17, 15) is 0 Å². The van der Waals surface area contributed by atoms with Crippen LogP contribution in [0.2, 0.25) is 0 Å². The molecule has 4 unspecified atom stereocenters. The minimum atomic E-state index is 0.00356. The van der Waals surface area contributed by atoms with E-state index >= 15 is 0 Å². The third kappa shape index (κ3) is 1.83. The van der Waals surface area contributed by atoms with Crippen LogP contribution in [0.5, 0.6) is 0 Å². The van der Waals surface area contributed by atoms with E-state index in [1.54, 1.807) is 0 Å². The normalized spacial score (nSPS) is 45.0. The van der Waals surface area contributed by atoms with E-state index in [1.807, 2.05) is 0 Å². The molecule has 2 fully saturated rings. The van der Waals surface area contributed by atoms with Gasteiger partial charge in [-0.25, -0.2) is 0 Å². The lowest BCUT2D eigenvalue weighted by Crippen LogP contribution is -2.41. The predicted molar refractivity (Wildman–Crippen MR) is 60.9 cm³/mol. The molecule has 4 atom stereocenters. The van der Waals surface area contributed by atoms with Gasteiger partial charge in [-0.3, -0.25) is 0 Å². The standard InChI is InChI=1S/C13H24O2/c1-6-10-11-9(2)13(15-10,8-14-11)7-12(3,4)5/h9-11H,6-8H2,1-5H3. The Kier molecular flexibility index (Phi) is 2.63. The zero-order valence-corrected chi connectivity index (χ0v) is 10.7. The highest BCUT2D eigenvalue weighted by molar-refractivity contribution is 5.06. The van der Waals surface area contributed by atoms with E-state index in [-0.39, 0.29) is 5.60 Å². The van der Waals surface area contributed by atoms with Crippen molar-refractivity contribution in [3.63, 3.8) is 0 Å². The van der Waals surface area contributed by atoms with E-state index in [0.717, 1.165) is 19.4 Å². The van der Waals surface area contributed by atoms with Crippen LogP contribution in [0.25, 0.3) is 0 Å². The summed E-state index contributed by atoms with van der Waals surface area (Å²) >= 11 is 0. The van der Waals surface area contributed by atoms with Gasteiger partial charge >= 0.3 is 0 Å². The third-order valence-corrected chi connectivity index (χ3v) is 3.83. The van der Waals surface area contributed by atoms with Gasteiger partial charge in [0.05, 0.1) is 24.4 Å². The van der Waals surface area contributed by atoms with Gasteiger partial charge in [0.25, 0.3) is 0 Å². The second-order valence-corrected chi connectivity index (χ2v) is 6.43. The first kappa shape index (κ1) is 11.4. The molecule has 0 aromatic carbocycles. The molecular weight excluding hydrogens is 188 g/mol. The number of fused-ring (bicyclic) bond motifs is 2. The quantitative estimate of drug-likeness (QED) is 0.700. The summed E-state index contributed by atoms with van der Waals surface area (Å²) in [6, 6.07) is 0. The zero-order chi connectivity index (χ0) is 11.3. The van der Waals surface area contributed by atoms with E-state index in [1.165, 1.54) is 0 Å². The van der Waals surface area contributed by atoms with Crippen molar-refractivity contribution in [2.75, 3.05) is 6.61 Å². The SMILES string of the molecule is CCC1OC2(CC(C)(C)C)COC1C2C. The van der Waals surface area contributed by atoms with Crippen molar-refractivity contribution in [2.24, 2.45) is 11.3 Å². The van der Waals surface area contributed by atoms with Crippen LogP contribution in [0.15, 0.2) is 0 Å². The Morgan fingerprint density at radius 1 is 1.33 bits per heavy atom. The fourth-order valence-corrected chi connectivity index (χ4v) is 3.22. The highest BCUT2D eigenvalue weighted by Crippen LogP contribution is 2.50. The van der Waals surface area contributed by atoms with Crippen molar-refractivity contribution in [1.82, 2.24) is 0 Å². The van der Waals surface area contributed by atoms with E-state index < -0.39 is 0 Å². The molecule has 2 bridgehead atoms. The van der Waals surface area contributed by atoms with Crippen molar-refractivity contribution in [2.45, 2.75) is 65.3 Å². The topological polar surface area (TPSA) is 18.5 Å². The van der Waals surface area contributed by atoms with Crippen LogP contribution in [-0.2, 0) is 9.47 Å². The second kappa shape index (κ2) is 3.46. The van der Waals surface area contributed by atoms with Gasteiger partial charge in [0.15, 0.2) is 0 Å². The average Bonchev–Trinajstić information content (AvgIpc) is 2.53. The Bertz CT molecular complexity index is 243. The number of ether oxygens (including phenoxy) is 2. The Morgan fingerprint density at radius 3 is 2.47 bits per heavy atom. The monoisotopic (exact) mass is 212 g/mol. The first-order chi connectivity index (χ1) is 6.88. The Hall–Kier alpha value is -0.0800. The van der Waals surface area contributed by atoms with Gasteiger partial charge in [0, 0.05) is 5.92 Å². The summed E-state index contributed by atoms with van der Waals surface area (Å²) in [5.41, 5.74) is 0.318. The smallest absolute Gasteiger partial charge is 0.0976 e. The molecule has 0 radical (unpaired) electrons. The van der Waals surface area contributed by atoms with Crippen LogP contribution in [0.3, 0.4) is 0 Å². The van der Waals surface area contributed by atoms with Gasteiger partial charge in [-0.1, -0.05) is 34.6 Å². The molecule has 2 heteroatoms. The van der Waals surface area contributed by atoms with E-state index in [4.69, 9.17) is 9.47 Å². The van der Waals surface area contributed by atoms with Crippen molar-refractivity contribution >= 4 is 0 Å². The number of hydrogen-bond donors (Lipinski definition) is 0. The highest BCUT2D eigenvalue weighted by atomic mass is 16.6. The first-order valence-electron chi connectivity index (χ1n) is 6.17. The molecular formula is C13H24O2. The fourth-order valence-electron chi connectivity index (χ4n) is 3.22. The molecule has 2 rings (SSSR count). The van der Waals surface area contributed by atoms with Gasteiger partial charge in [-0.2, -0.15) is 0 Å². The van der Waals surface area contributed by atoms with E-state index in [2.05, 4.69) is 34.6 Å². The highest BCUT2D eigenvalue weighted by Gasteiger charge is 2.59. The molecule has 0 amide bonds. The predicted octanol–water partition coefficient (Wildman–Crippen LogP) is 3.01. The van der Waals surface area contributed by atoms with Gasteiger partial charge in [-0.05, 0) is 18.3 Å².